The highest BCUT2D eigenvalue weighted by Crippen LogP contribution is 2.39. The molecule has 1 fully saturated rings. The van der Waals surface area contributed by atoms with Gasteiger partial charge in [-0.1, -0.05) is 13.8 Å². The minimum Gasteiger partial charge on any atom is -0.390 e. The van der Waals surface area contributed by atoms with Gasteiger partial charge in [0.1, 0.15) is 0 Å². The van der Waals surface area contributed by atoms with Crippen molar-refractivity contribution in [2.24, 2.45) is 11.3 Å². The maximum atomic E-state index is 9.85. The van der Waals surface area contributed by atoms with Crippen molar-refractivity contribution in [3.63, 3.8) is 0 Å². The van der Waals surface area contributed by atoms with Gasteiger partial charge in [-0.3, -0.25) is 0 Å². The molecule has 0 radical (unpaired) electrons. The van der Waals surface area contributed by atoms with Gasteiger partial charge in [0.05, 0.1) is 12.7 Å². The highest BCUT2D eigenvalue weighted by atomic mass is 16.5. The molecular weight excluding hydrogens is 176 g/mol. The van der Waals surface area contributed by atoms with Crippen molar-refractivity contribution in [3.05, 3.63) is 0 Å². The fourth-order valence-corrected chi connectivity index (χ4v) is 2.18. The maximum absolute atomic E-state index is 9.85. The third-order valence-corrected chi connectivity index (χ3v) is 3.42. The SMILES string of the molecule is CCOCC(O)C1CCC(C)(C)CC1. The van der Waals surface area contributed by atoms with Crippen LogP contribution in [0, 0.1) is 11.3 Å². The lowest BCUT2D eigenvalue weighted by Gasteiger charge is -2.36. The van der Waals surface area contributed by atoms with Crippen LogP contribution in [0.25, 0.3) is 0 Å². The Labute approximate surface area is 87.7 Å². The molecule has 0 aromatic heterocycles. The summed E-state index contributed by atoms with van der Waals surface area (Å²) in [6.07, 6.45) is 4.54. The normalized spacial score (nSPS) is 24.9. The number of ether oxygens (including phenoxy) is 1. The molecule has 0 saturated heterocycles. The van der Waals surface area contributed by atoms with Crippen LogP contribution in [0.2, 0.25) is 0 Å². The summed E-state index contributed by atoms with van der Waals surface area (Å²) >= 11 is 0. The molecule has 1 aliphatic rings. The summed E-state index contributed by atoms with van der Waals surface area (Å²) in [5, 5.41) is 9.85. The molecule has 84 valence electrons. The fraction of sp³-hybridized carbons (Fsp3) is 1.00. The van der Waals surface area contributed by atoms with Gasteiger partial charge in [-0.2, -0.15) is 0 Å². The molecule has 0 heterocycles. The van der Waals surface area contributed by atoms with E-state index in [2.05, 4.69) is 13.8 Å². The molecule has 0 aromatic rings. The lowest BCUT2D eigenvalue weighted by Crippen LogP contribution is -2.31. The topological polar surface area (TPSA) is 29.5 Å². The summed E-state index contributed by atoms with van der Waals surface area (Å²) in [5.74, 6) is 0.467. The van der Waals surface area contributed by atoms with Crippen molar-refractivity contribution >= 4 is 0 Å². The Bertz CT molecular complexity index is 156. The first-order valence-corrected chi connectivity index (χ1v) is 5.81. The van der Waals surface area contributed by atoms with Crippen molar-refractivity contribution in [1.29, 1.82) is 0 Å². The number of hydrogen-bond acceptors (Lipinski definition) is 2. The summed E-state index contributed by atoms with van der Waals surface area (Å²) in [4.78, 5) is 0. The Morgan fingerprint density at radius 1 is 1.36 bits per heavy atom. The summed E-state index contributed by atoms with van der Waals surface area (Å²) in [5.41, 5.74) is 0.488. The van der Waals surface area contributed by atoms with Gasteiger partial charge in [0.2, 0.25) is 0 Å². The van der Waals surface area contributed by atoms with Gasteiger partial charge in [-0.05, 0) is 43.9 Å². The van der Waals surface area contributed by atoms with Crippen molar-refractivity contribution in [1.82, 2.24) is 0 Å². The molecule has 0 spiro atoms. The van der Waals surface area contributed by atoms with Crippen molar-refractivity contribution in [3.8, 4) is 0 Å². The summed E-state index contributed by atoms with van der Waals surface area (Å²) < 4.78 is 5.25. The minimum atomic E-state index is -0.244. The smallest absolute Gasteiger partial charge is 0.0801 e. The summed E-state index contributed by atoms with van der Waals surface area (Å²) in [6.45, 7) is 7.82. The zero-order valence-corrected chi connectivity index (χ0v) is 9.75. The van der Waals surface area contributed by atoms with Crippen LogP contribution < -0.4 is 0 Å². The molecule has 14 heavy (non-hydrogen) atoms. The third kappa shape index (κ3) is 3.58. The van der Waals surface area contributed by atoms with E-state index in [1.54, 1.807) is 0 Å². The van der Waals surface area contributed by atoms with Crippen molar-refractivity contribution in [2.75, 3.05) is 13.2 Å². The molecule has 1 atom stereocenters. The van der Waals surface area contributed by atoms with E-state index in [1.807, 2.05) is 6.92 Å². The lowest BCUT2D eigenvalue weighted by atomic mass is 9.72. The highest BCUT2D eigenvalue weighted by Gasteiger charge is 2.30. The average Bonchev–Trinajstić information content (AvgIpc) is 2.14. The van der Waals surface area contributed by atoms with E-state index in [0.29, 0.717) is 24.5 Å². The van der Waals surface area contributed by atoms with Crippen molar-refractivity contribution < 1.29 is 9.84 Å². The van der Waals surface area contributed by atoms with Crippen LogP contribution >= 0.6 is 0 Å². The Morgan fingerprint density at radius 2 is 1.93 bits per heavy atom. The largest absolute Gasteiger partial charge is 0.390 e. The highest BCUT2D eigenvalue weighted by molar-refractivity contribution is 4.81. The van der Waals surface area contributed by atoms with Gasteiger partial charge >= 0.3 is 0 Å². The second-order valence-corrected chi connectivity index (χ2v) is 5.23. The van der Waals surface area contributed by atoms with Gasteiger partial charge in [0, 0.05) is 6.61 Å². The van der Waals surface area contributed by atoms with Crippen LogP contribution in [-0.4, -0.2) is 24.4 Å². The van der Waals surface area contributed by atoms with E-state index in [1.165, 1.54) is 12.8 Å². The van der Waals surface area contributed by atoms with Crippen LogP contribution in [0.4, 0.5) is 0 Å². The second-order valence-electron chi connectivity index (χ2n) is 5.23. The van der Waals surface area contributed by atoms with Crippen LogP contribution in [0.1, 0.15) is 46.5 Å². The summed E-state index contributed by atoms with van der Waals surface area (Å²) in [7, 11) is 0. The van der Waals surface area contributed by atoms with Crippen LogP contribution in [0.3, 0.4) is 0 Å². The van der Waals surface area contributed by atoms with Crippen LogP contribution in [0.5, 0.6) is 0 Å². The maximum Gasteiger partial charge on any atom is 0.0801 e. The Hall–Kier alpha value is -0.0800. The molecule has 0 bridgehead atoms. The molecule has 0 aromatic carbocycles. The Morgan fingerprint density at radius 3 is 2.43 bits per heavy atom. The number of hydrogen-bond donors (Lipinski definition) is 1. The van der Waals surface area contributed by atoms with E-state index < -0.39 is 0 Å². The first-order chi connectivity index (χ1) is 6.55. The van der Waals surface area contributed by atoms with Gasteiger partial charge in [-0.15, -0.1) is 0 Å². The van der Waals surface area contributed by atoms with Gasteiger partial charge in [0.15, 0.2) is 0 Å². The van der Waals surface area contributed by atoms with E-state index in [9.17, 15) is 5.11 Å². The standard InChI is InChI=1S/C12H24O2/c1-4-14-9-11(13)10-5-7-12(2,3)8-6-10/h10-11,13H,4-9H2,1-3H3. The molecule has 2 nitrogen and oxygen atoms in total. The molecule has 1 N–H and O–H groups in total. The predicted octanol–water partition coefficient (Wildman–Crippen LogP) is 2.60. The fourth-order valence-electron chi connectivity index (χ4n) is 2.18. The van der Waals surface area contributed by atoms with E-state index in [0.717, 1.165) is 12.8 Å². The van der Waals surface area contributed by atoms with E-state index in [-0.39, 0.29) is 6.10 Å². The van der Waals surface area contributed by atoms with Crippen LogP contribution in [0.15, 0.2) is 0 Å². The number of aliphatic hydroxyl groups excluding tert-OH is 1. The van der Waals surface area contributed by atoms with Gasteiger partial charge < -0.3 is 9.84 Å². The van der Waals surface area contributed by atoms with Gasteiger partial charge in [0.25, 0.3) is 0 Å². The minimum absolute atomic E-state index is 0.244. The molecule has 0 aliphatic heterocycles. The Balaban J connectivity index is 2.27. The molecule has 0 amide bonds. The lowest BCUT2D eigenvalue weighted by molar-refractivity contribution is -0.0114. The monoisotopic (exact) mass is 200 g/mol. The van der Waals surface area contributed by atoms with Crippen molar-refractivity contribution in [2.45, 2.75) is 52.6 Å². The molecular formula is C12H24O2. The first kappa shape index (κ1) is 12.0. The zero-order chi connectivity index (χ0) is 10.6. The predicted molar refractivity (Wildman–Crippen MR) is 58.2 cm³/mol. The molecule has 1 aliphatic carbocycles. The third-order valence-electron chi connectivity index (χ3n) is 3.42. The summed E-state index contributed by atoms with van der Waals surface area (Å²) in [6, 6.07) is 0. The quantitative estimate of drug-likeness (QED) is 0.756. The zero-order valence-electron chi connectivity index (χ0n) is 9.75. The number of rotatable bonds is 4. The van der Waals surface area contributed by atoms with E-state index >= 15 is 0 Å². The van der Waals surface area contributed by atoms with Crippen LogP contribution in [-0.2, 0) is 4.74 Å². The first-order valence-electron chi connectivity index (χ1n) is 5.81. The average molecular weight is 200 g/mol. The van der Waals surface area contributed by atoms with E-state index in [4.69, 9.17) is 4.74 Å². The second kappa shape index (κ2) is 5.13. The molecule has 1 rings (SSSR count). The molecule has 2 heteroatoms. The van der Waals surface area contributed by atoms with Gasteiger partial charge in [-0.25, -0.2) is 0 Å². The Kier molecular flexibility index (Phi) is 4.39. The molecule has 1 saturated carbocycles. The molecule has 1 unspecified atom stereocenters. The number of aliphatic hydroxyl groups is 1.